The zero-order valence-electron chi connectivity index (χ0n) is 11.9. The van der Waals surface area contributed by atoms with Gasteiger partial charge in [0.1, 0.15) is 0 Å². The van der Waals surface area contributed by atoms with E-state index in [1.54, 1.807) is 6.07 Å². The summed E-state index contributed by atoms with van der Waals surface area (Å²) in [6.07, 6.45) is 3.23. The van der Waals surface area contributed by atoms with Crippen LogP contribution in [0.15, 0.2) is 18.2 Å². The molecule has 5 heteroatoms. The number of hydrogen-bond acceptors (Lipinski definition) is 3. The number of benzene rings is 1. The van der Waals surface area contributed by atoms with Crippen molar-refractivity contribution in [2.24, 2.45) is 5.92 Å². The van der Waals surface area contributed by atoms with Crippen LogP contribution in [-0.2, 0) is 4.74 Å². The van der Waals surface area contributed by atoms with Crippen LogP contribution in [0.25, 0.3) is 0 Å². The summed E-state index contributed by atoms with van der Waals surface area (Å²) in [6, 6.07) is 5.43. The summed E-state index contributed by atoms with van der Waals surface area (Å²) < 4.78 is 5.32. The number of halogens is 1. The Kier molecular flexibility index (Phi) is 6.82. The fourth-order valence-corrected chi connectivity index (χ4v) is 2.40. The van der Waals surface area contributed by atoms with Crippen molar-refractivity contribution in [2.75, 3.05) is 25.5 Å². The zero-order valence-corrected chi connectivity index (χ0v) is 12.7. The van der Waals surface area contributed by atoms with Crippen molar-refractivity contribution < 1.29 is 9.53 Å². The molecule has 1 saturated heterocycles. The molecule has 0 unspecified atom stereocenters. The average Bonchev–Trinajstić information content (AvgIpc) is 2.42. The van der Waals surface area contributed by atoms with Crippen molar-refractivity contribution in [3.63, 3.8) is 0 Å². The topological polar surface area (TPSA) is 64.4 Å². The van der Waals surface area contributed by atoms with Crippen molar-refractivity contribution in [1.29, 1.82) is 0 Å². The first-order valence-electron chi connectivity index (χ1n) is 6.89. The van der Waals surface area contributed by atoms with Crippen LogP contribution < -0.4 is 11.1 Å². The lowest BCUT2D eigenvalue weighted by Crippen LogP contribution is -2.28. The monoisotopic (exact) mass is 298 g/mol. The lowest BCUT2D eigenvalue weighted by atomic mass is 9.96. The van der Waals surface area contributed by atoms with Gasteiger partial charge in [-0.2, -0.15) is 0 Å². The third-order valence-electron chi connectivity index (χ3n) is 3.69. The fraction of sp³-hybridized carbons (Fsp3) is 0.533. The van der Waals surface area contributed by atoms with Gasteiger partial charge in [0.2, 0.25) is 0 Å². The Balaban J connectivity index is 0.00000200. The Morgan fingerprint density at radius 1 is 1.40 bits per heavy atom. The van der Waals surface area contributed by atoms with E-state index in [9.17, 15) is 4.79 Å². The summed E-state index contributed by atoms with van der Waals surface area (Å²) in [5, 5.41) is 2.98. The first kappa shape index (κ1) is 16.8. The van der Waals surface area contributed by atoms with Crippen LogP contribution in [0, 0.1) is 12.8 Å². The lowest BCUT2D eigenvalue weighted by Gasteiger charge is -2.21. The number of nitrogens with one attached hydrogen (secondary N) is 1. The average molecular weight is 299 g/mol. The molecule has 0 aliphatic carbocycles. The van der Waals surface area contributed by atoms with Gasteiger partial charge in [0.15, 0.2) is 0 Å². The summed E-state index contributed by atoms with van der Waals surface area (Å²) in [5.74, 6) is 0.646. The molecule has 3 N–H and O–H groups in total. The molecule has 1 amide bonds. The standard InChI is InChI=1S/C15H22N2O2.ClH/c1-11-2-3-13(16)10-14(11)15(18)17-7-4-12-5-8-19-9-6-12;/h2-3,10,12H,4-9,16H2,1H3,(H,17,18);1H. The minimum atomic E-state index is -0.0307. The van der Waals surface area contributed by atoms with Gasteiger partial charge in [-0.05, 0) is 49.8 Å². The third-order valence-corrected chi connectivity index (χ3v) is 3.69. The molecule has 2 rings (SSSR count). The number of ether oxygens (including phenoxy) is 1. The molecule has 20 heavy (non-hydrogen) atoms. The maximum Gasteiger partial charge on any atom is 0.251 e. The van der Waals surface area contributed by atoms with Crippen molar-refractivity contribution >= 4 is 24.0 Å². The summed E-state index contributed by atoms with van der Waals surface area (Å²) in [5.41, 5.74) is 7.97. The molecule has 0 aromatic heterocycles. The molecule has 1 aromatic carbocycles. The summed E-state index contributed by atoms with van der Waals surface area (Å²) >= 11 is 0. The second kappa shape index (κ2) is 8.12. The van der Waals surface area contributed by atoms with Gasteiger partial charge < -0.3 is 15.8 Å². The first-order chi connectivity index (χ1) is 9.16. The van der Waals surface area contributed by atoms with Crippen molar-refractivity contribution in [2.45, 2.75) is 26.2 Å². The van der Waals surface area contributed by atoms with E-state index in [1.807, 2.05) is 19.1 Å². The smallest absolute Gasteiger partial charge is 0.251 e. The van der Waals surface area contributed by atoms with Gasteiger partial charge in [0, 0.05) is 31.0 Å². The van der Waals surface area contributed by atoms with Crippen molar-refractivity contribution in [3.05, 3.63) is 29.3 Å². The van der Waals surface area contributed by atoms with Gasteiger partial charge in [-0.1, -0.05) is 6.07 Å². The van der Waals surface area contributed by atoms with Crippen LogP contribution in [-0.4, -0.2) is 25.7 Å². The molecule has 0 radical (unpaired) electrons. The molecule has 1 heterocycles. The second-order valence-electron chi connectivity index (χ2n) is 5.17. The van der Waals surface area contributed by atoms with Crippen LogP contribution in [0.2, 0.25) is 0 Å². The molecule has 4 nitrogen and oxygen atoms in total. The Bertz CT molecular complexity index is 445. The largest absolute Gasteiger partial charge is 0.399 e. The minimum absolute atomic E-state index is 0. The zero-order chi connectivity index (χ0) is 13.7. The number of nitrogens with two attached hydrogens (primary N) is 1. The number of amides is 1. The highest BCUT2D eigenvalue weighted by molar-refractivity contribution is 5.96. The predicted molar refractivity (Wildman–Crippen MR) is 83.3 cm³/mol. The van der Waals surface area contributed by atoms with E-state index in [0.717, 1.165) is 44.6 Å². The van der Waals surface area contributed by atoms with Gasteiger partial charge in [-0.25, -0.2) is 0 Å². The SMILES string of the molecule is Cc1ccc(N)cc1C(=O)NCCC1CCOCC1.Cl. The Labute approximate surface area is 126 Å². The molecule has 112 valence electrons. The molecule has 0 bridgehead atoms. The number of nitrogen functional groups attached to an aromatic ring is 1. The number of carbonyl (C=O) groups excluding carboxylic acids is 1. The van der Waals surface area contributed by atoms with Crippen molar-refractivity contribution in [3.8, 4) is 0 Å². The number of aryl methyl sites for hydroxylation is 1. The number of carbonyl (C=O) groups is 1. The highest BCUT2D eigenvalue weighted by Crippen LogP contribution is 2.18. The molecule has 1 aliphatic heterocycles. The van der Waals surface area contributed by atoms with Gasteiger partial charge >= 0.3 is 0 Å². The lowest BCUT2D eigenvalue weighted by molar-refractivity contribution is 0.0636. The molecule has 1 aliphatic rings. The van der Waals surface area contributed by atoms with E-state index in [1.165, 1.54) is 0 Å². The van der Waals surface area contributed by atoms with E-state index < -0.39 is 0 Å². The minimum Gasteiger partial charge on any atom is -0.399 e. The van der Waals surface area contributed by atoms with Gasteiger partial charge in [0.25, 0.3) is 5.91 Å². The van der Waals surface area contributed by atoms with Crippen LogP contribution in [0.3, 0.4) is 0 Å². The molecular formula is C15H23ClN2O2. The predicted octanol–water partition coefficient (Wildman–Crippen LogP) is 2.55. The first-order valence-corrected chi connectivity index (χ1v) is 6.89. The molecule has 0 spiro atoms. The Morgan fingerprint density at radius 2 is 2.10 bits per heavy atom. The fourth-order valence-electron chi connectivity index (χ4n) is 2.40. The van der Waals surface area contributed by atoms with E-state index in [4.69, 9.17) is 10.5 Å². The Morgan fingerprint density at radius 3 is 2.80 bits per heavy atom. The van der Waals surface area contributed by atoms with E-state index in [0.29, 0.717) is 17.2 Å². The van der Waals surface area contributed by atoms with Crippen LogP contribution in [0.4, 0.5) is 5.69 Å². The molecule has 1 aromatic rings. The Hall–Kier alpha value is -1.26. The van der Waals surface area contributed by atoms with E-state index >= 15 is 0 Å². The van der Waals surface area contributed by atoms with E-state index in [2.05, 4.69) is 5.32 Å². The highest BCUT2D eigenvalue weighted by atomic mass is 35.5. The summed E-state index contributed by atoms with van der Waals surface area (Å²) in [4.78, 5) is 12.1. The van der Waals surface area contributed by atoms with Crippen molar-refractivity contribution in [1.82, 2.24) is 5.32 Å². The maximum atomic E-state index is 12.1. The number of anilines is 1. The van der Waals surface area contributed by atoms with Crippen LogP contribution >= 0.6 is 12.4 Å². The molecule has 0 atom stereocenters. The van der Waals surface area contributed by atoms with E-state index in [-0.39, 0.29) is 18.3 Å². The number of rotatable bonds is 4. The number of hydrogen-bond donors (Lipinski definition) is 2. The summed E-state index contributed by atoms with van der Waals surface area (Å²) in [6.45, 7) is 4.35. The molecular weight excluding hydrogens is 276 g/mol. The summed E-state index contributed by atoms with van der Waals surface area (Å²) in [7, 11) is 0. The van der Waals surface area contributed by atoms with Gasteiger partial charge in [0.05, 0.1) is 0 Å². The maximum absolute atomic E-state index is 12.1. The second-order valence-corrected chi connectivity index (χ2v) is 5.17. The quantitative estimate of drug-likeness (QED) is 0.840. The normalized spacial score (nSPS) is 15.4. The van der Waals surface area contributed by atoms with Crippen LogP contribution in [0.1, 0.15) is 35.2 Å². The molecule has 1 fully saturated rings. The van der Waals surface area contributed by atoms with Gasteiger partial charge in [-0.3, -0.25) is 4.79 Å². The molecule has 0 saturated carbocycles. The highest BCUT2D eigenvalue weighted by Gasteiger charge is 2.14. The van der Waals surface area contributed by atoms with Crippen LogP contribution in [0.5, 0.6) is 0 Å². The van der Waals surface area contributed by atoms with Gasteiger partial charge in [-0.15, -0.1) is 12.4 Å². The third kappa shape index (κ3) is 4.69.